The standard InChI is InChI=1S/C13H17F3N2O/c1-17-8-5-7-10(17)11-6-3-2-4-9-18(11)12(19)13(14,15)16/h5,7-8,11H,2-4,6,9H2,1H3. The van der Waals surface area contributed by atoms with Crippen LogP contribution in [0.25, 0.3) is 0 Å². The summed E-state index contributed by atoms with van der Waals surface area (Å²) in [5.74, 6) is -1.72. The highest BCUT2D eigenvalue weighted by atomic mass is 19.4. The van der Waals surface area contributed by atoms with E-state index in [-0.39, 0.29) is 6.54 Å². The number of rotatable bonds is 1. The van der Waals surface area contributed by atoms with Crippen molar-refractivity contribution in [3.8, 4) is 0 Å². The summed E-state index contributed by atoms with van der Waals surface area (Å²) < 4.78 is 39.8. The van der Waals surface area contributed by atoms with Gasteiger partial charge >= 0.3 is 12.1 Å². The first kappa shape index (κ1) is 14.0. The number of carbonyl (C=O) groups is 1. The van der Waals surface area contributed by atoms with Crippen LogP contribution in [0.5, 0.6) is 0 Å². The maximum atomic E-state index is 12.7. The van der Waals surface area contributed by atoms with Crippen molar-refractivity contribution in [3.63, 3.8) is 0 Å². The largest absolute Gasteiger partial charge is 0.471 e. The van der Waals surface area contributed by atoms with E-state index < -0.39 is 18.1 Å². The average molecular weight is 274 g/mol. The molecule has 0 spiro atoms. The molecule has 1 amide bonds. The van der Waals surface area contributed by atoms with Gasteiger partial charge in [0, 0.05) is 25.5 Å². The Labute approximate surface area is 110 Å². The van der Waals surface area contributed by atoms with Gasteiger partial charge in [-0.25, -0.2) is 0 Å². The summed E-state index contributed by atoms with van der Waals surface area (Å²) >= 11 is 0. The molecule has 1 fully saturated rings. The van der Waals surface area contributed by atoms with Gasteiger partial charge in [0.15, 0.2) is 0 Å². The highest BCUT2D eigenvalue weighted by Crippen LogP contribution is 2.33. The molecule has 2 heterocycles. The number of hydrogen-bond donors (Lipinski definition) is 0. The van der Waals surface area contributed by atoms with Crippen molar-refractivity contribution in [2.75, 3.05) is 6.54 Å². The van der Waals surface area contributed by atoms with E-state index in [1.54, 1.807) is 29.9 Å². The van der Waals surface area contributed by atoms with E-state index in [2.05, 4.69) is 0 Å². The van der Waals surface area contributed by atoms with E-state index in [4.69, 9.17) is 0 Å². The van der Waals surface area contributed by atoms with Crippen LogP contribution in [0.2, 0.25) is 0 Å². The Morgan fingerprint density at radius 3 is 2.63 bits per heavy atom. The third kappa shape index (κ3) is 2.93. The molecule has 1 saturated heterocycles. The van der Waals surface area contributed by atoms with Gasteiger partial charge in [-0.15, -0.1) is 0 Å². The van der Waals surface area contributed by atoms with Crippen LogP contribution in [0.3, 0.4) is 0 Å². The van der Waals surface area contributed by atoms with Gasteiger partial charge in [-0.2, -0.15) is 13.2 Å². The van der Waals surface area contributed by atoms with Crippen LogP contribution in [0, 0.1) is 0 Å². The van der Waals surface area contributed by atoms with Gasteiger partial charge in [-0.05, 0) is 25.0 Å². The van der Waals surface area contributed by atoms with Crippen LogP contribution in [0.4, 0.5) is 13.2 Å². The normalized spacial score (nSPS) is 21.3. The first-order chi connectivity index (χ1) is 8.91. The quantitative estimate of drug-likeness (QED) is 0.772. The number of aryl methyl sites for hydroxylation is 1. The van der Waals surface area contributed by atoms with Crippen molar-refractivity contribution in [1.29, 1.82) is 0 Å². The summed E-state index contributed by atoms with van der Waals surface area (Å²) in [7, 11) is 1.79. The Bertz CT molecular complexity index is 453. The minimum atomic E-state index is -4.80. The Morgan fingerprint density at radius 1 is 1.32 bits per heavy atom. The zero-order valence-electron chi connectivity index (χ0n) is 10.8. The molecule has 1 aliphatic rings. The molecule has 0 aromatic carbocycles. The van der Waals surface area contributed by atoms with Crippen molar-refractivity contribution in [2.24, 2.45) is 7.05 Å². The van der Waals surface area contributed by atoms with E-state index in [1.807, 2.05) is 0 Å². The highest BCUT2D eigenvalue weighted by molar-refractivity contribution is 5.82. The van der Waals surface area contributed by atoms with E-state index in [1.165, 1.54) is 0 Å². The molecule has 0 N–H and O–H groups in total. The van der Waals surface area contributed by atoms with Crippen LogP contribution < -0.4 is 0 Å². The van der Waals surface area contributed by atoms with Crippen LogP contribution in [0.15, 0.2) is 18.3 Å². The van der Waals surface area contributed by atoms with Gasteiger partial charge in [0.05, 0.1) is 6.04 Å². The minimum Gasteiger partial charge on any atom is -0.353 e. The molecule has 0 aliphatic carbocycles. The molecule has 1 aliphatic heterocycles. The Kier molecular flexibility index (Phi) is 3.87. The molecule has 3 nitrogen and oxygen atoms in total. The maximum Gasteiger partial charge on any atom is 0.471 e. The molecule has 1 aromatic rings. The monoisotopic (exact) mass is 274 g/mol. The molecule has 0 saturated carbocycles. The fraction of sp³-hybridized carbons (Fsp3) is 0.615. The maximum absolute atomic E-state index is 12.7. The molecule has 0 bridgehead atoms. The second-order valence-corrected chi connectivity index (χ2v) is 4.91. The lowest BCUT2D eigenvalue weighted by Gasteiger charge is -2.31. The number of amides is 1. The lowest BCUT2D eigenvalue weighted by Crippen LogP contribution is -2.43. The summed E-state index contributed by atoms with van der Waals surface area (Å²) in [5, 5.41) is 0. The van der Waals surface area contributed by atoms with Crippen LogP contribution in [-0.4, -0.2) is 28.1 Å². The van der Waals surface area contributed by atoms with Gasteiger partial charge in [0.2, 0.25) is 0 Å². The average Bonchev–Trinajstić information content (AvgIpc) is 2.62. The Balaban J connectivity index is 2.31. The topological polar surface area (TPSA) is 25.2 Å². The zero-order chi connectivity index (χ0) is 14.0. The molecule has 6 heteroatoms. The predicted octanol–water partition coefficient (Wildman–Crippen LogP) is 3.03. The SMILES string of the molecule is Cn1cccc1C1CCCCCN1C(=O)C(F)(F)F. The molecule has 106 valence electrons. The molecular formula is C13H17F3N2O. The highest BCUT2D eigenvalue weighted by Gasteiger charge is 2.45. The predicted molar refractivity (Wildman–Crippen MR) is 64.4 cm³/mol. The van der Waals surface area contributed by atoms with Crippen LogP contribution in [0.1, 0.15) is 37.4 Å². The van der Waals surface area contributed by atoms with E-state index in [0.717, 1.165) is 23.4 Å². The second kappa shape index (κ2) is 5.27. The lowest BCUT2D eigenvalue weighted by molar-refractivity contribution is -0.188. The van der Waals surface area contributed by atoms with Crippen molar-refractivity contribution in [3.05, 3.63) is 24.0 Å². The fourth-order valence-corrected chi connectivity index (χ4v) is 2.64. The van der Waals surface area contributed by atoms with Crippen molar-refractivity contribution >= 4 is 5.91 Å². The van der Waals surface area contributed by atoms with Crippen molar-refractivity contribution < 1.29 is 18.0 Å². The fourth-order valence-electron chi connectivity index (χ4n) is 2.64. The van der Waals surface area contributed by atoms with Crippen LogP contribution in [-0.2, 0) is 11.8 Å². The van der Waals surface area contributed by atoms with Crippen LogP contribution >= 0.6 is 0 Å². The molecule has 1 atom stereocenters. The number of halogens is 3. The third-order valence-corrected chi connectivity index (χ3v) is 3.58. The first-order valence-corrected chi connectivity index (χ1v) is 6.40. The molecule has 1 aromatic heterocycles. The van der Waals surface area contributed by atoms with Gasteiger partial charge in [0.1, 0.15) is 0 Å². The zero-order valence-corrected chi connectivity index (χ0v) is 10.8. The number of aromatic nitrogens is 1. The summed E-state index contributed by atoms with van der Waals surface area (Å²) in [6, 6.07) is 3.10. The molecule has 1 unspecified atom stereocenters. The first-order valence-electron chi connectivity index (χ1n) is 6.40. The molecule has 2 rings (SSSR count). The van der Waals surface area contributed by atoms with E-state index in [0.29, 0.717) is 12.8 Å². The Hall–Kier alpha value is -1.46. The summed E-state index contributed by atoms with van der Waals surface area (Å²) in [6.45, 7) is 0.175. The number of likely N-dealkylation sites (tertiary alicyclic amines) is 1. The minimum absolute atomic E-state index is 0.175. The summed E-state index contributed by atoms with van der Waals surface area (Å²) in [5.41, 5.74) is 0.763. The lowest BCUT2D eigenvalue weighted by atomic mass is 10.1. The molecule has 19 heavy (non-hydrogen) atoms. The third-order valence-electron chi connectivity index (χ3n) is 3.58. The van der Waals surface area contributed by atoms with Gasteiger partial charge in [-0.1, -0.05) is 12.8 Å². The van der Waals surface area contributed by atoms with E-state index >= 15 is 0 Å². The van der Waals surface area contributed by atoms with Crippen molar-refractivity contribution in [2.45, 2.75) is 37.9 Å². The van der Waals surface area contributed by atoms with Crippen molar-refractivity contribution in [1.82, 2.24) is 9.47 Å². The number of hydrogen-bond acceptors (Lipinski definition) is 1. The smallest absolute Gasteiger partial charge is 0.353 e. The van der Waals surface area contributed by atoms with Gasteiger partial charge in [-0.3, -0.25) is 4.79 Å². The number of nitrogens with zero attached hydrogens (tertiary/aromatic N) is 2. The number of carbonyl (C=O) groups excluding carboxylic acids is 1. The van der Waals surface area contributed by atoms with E-state index in [9.17, 15) is 18.0 Å². The molecule has 0 radical (unpaired) electrons. The van der Waals surface area contributed by atoms with Gasteiger partial charge in [0.25, 0.3) is 0 Å². The molecular weight excluding hydrogens is 257 g/mol. The Morgan fingerprint density at radius 2 is 2.05 bits per heavy atom. The number of alkyl halides is 3. The van der Waals surface area contributed by atoms with Gasteiger partial charge < -0.3 is 9.47 Å². The summed E-state index contributed by atoms with van der Waals surface area (Å²) in [6.07, 6.45) is -0.0906. The second-order valence-electron chi connectivity index (χ2n) is 4.91. The summed E-state index contributed by atoms with van der Waals surface area (Å²) in [4.78, 5) is 12.6.